The predicted octanol–water partition coefficient (Wildman–Crippen LogP) is 3.44. The van der Waals surface area contributed by atoms with Gasteiger partial charge in [0.05, 0.1) is 6.10 Å². The second-order valence-electron chi connectivity index (χ2n) is 19.9. The fourth-order valence-electron chi connectivity index (χ4n) is 8.21. The summed E-state index contributed by atoms with van der Waals surface area (Å²) < 4.78 is 35.6. The van der Waals surface area contributed by atoms with Gasteiger partial charge in [-0.25, -0.2) is 8.78 Å². The van der Waals surface area contributed by atoms with Crippen LogP contribution in [-0.2, 0) is 43.1 Å². The maximum Gasteiger partial charge on any atom is 0.267 e. The molecule has 0 aliphatic carbocycles. The van der Waals surface area contributed by atoms with Crippen molar-refractivity contribution in [3.05, 3.63) is 0 Å². The Morgan fingerprint density at radius 1 is 0.621 bits per heavy atom. The minimum absolute atomic E-state index is 0.0312. The molecule has 1 fully saturated rings. The molecule has 1 saturated heterocycles. The van der Waals surface area contributed by atoms with Crippen LogP contribution in [0.2, 0.25) is 0 Å². The highest BCUT2D eigenvalue weighted by atomic mass is 19.3. The number of alkyl halides is 2. The second kappa shape index (κ2) is 27.4. The standard InChI is InChI=1S/C47H84F2N8O9/c1-18-31(41(59)53-36(40(48)49)46(64)55(15)32(23-26(4)5)42(60)52-35(28(8)9)43(61)50-13)51-44(62)38(39-30(12)21-22-66-39)57(17)47(65)37(29(10)11)56(16)45(63)33(24-27(6)7)54(14)34(58)20-19-25(2)3/h25-33,35-40H,18-24H2,1-17H3,(H,50,61)(H,51,62)(H,52,60)(H,53,59)/t30-,31+,32+,33+,35+,36-,37+,38+,39-/m1/s1. The van der Waals surface area contributed by atoms with Gasteiger partial charge in [0, 0.05) is 48.3 Å². The highest BCUT2D eigenvalue weighted by Gasteiger charge is 2.46. The van der Waals surface area contributed by atoms with E-state index in [4.69, 9.17) is 4.74 Å². The predicted molar refractivity (Wildman–Crippen MR) is 249 cm³/mol. The second-order valence-corrected chi connectivity index (χ2v) is 19.9. The van der Waals surface area contributed by atoms with Gasteiger partial charge in [-0.3, -0.25) is 38.4 Å². The van der Waals surface area contributed by atoms with E-state index in [0.717, 1.165) is 4.90 Å². The number of hydrogen-bond donors (Lipinski definition) is 4. The van der Waals surface area contributed by atoms with Crippen LogP contribution in [0.1, 0.15) is 122 Å². The molecule has 1 aliphatic rings. The van der Waals surface area contributed by atoms with Crippen LogP contribution in [0, 0.1) is 35.5 Å². The quantitative estimate of drug-likeness (QED) is 0.100. The van der Waals surface area contributed by atoms with Gasteiger partial charge >= 0.3 is 0 Å². The van der Waals surface area contributed by atoms with E-state index in [0.29, 0.717) is 19.3 Å². The summed E-state index contributed by atoms with van der Waals surface area (Å²) >= 11 is 0. The molecule has 9 atom stereocenters. The van der Waals surface area contributed by atoms with E-state index in [1.807, 2.05) is 34.6 Å². The summed E-state index contributed by atoms with van der Waals surface area (Å²) in [5, 5.41) is 9.82. The number of nitrogens with zero attached hydrogens (tertiary/aromatic N) is 4. The number of carbonyl (C=O) groups is 8. The monoisotopic (exact) mass is 943 g/mol. The Kier molecular flexibility index (Phi) is 24.7. The van der Waals surface area contributed by atoms with E-state index in [-0.39, 0.29) is 61.4 Å². The number of likely N-dealkylation sites (N-methyl/N-ethyl adjacent to an activating group) is 5. The molecule has 0 aromatic rings. The van der Waals surface area contributed by atoms with Gasteiger partial charge in [0.15, 0.2) is 6.04 Å². The molecule has 4 N–H and O–H groups in total. The van der Waals surface area contributed by atoms with Gasteiger partial charge in [-0.2, -0.15) is 0 Å². The highest BCUT2D eigenvalue weighted by Crippen LogP contribution is 2.28. The zero-order valence-corrected chi connectivity index (χ0v) is 42.8. The lowest BCUT2D eigenvalue weighted by Gasteiger charge is -2.40. The number of amides is 8. The summed E-state index contributed by atoms with van der Waals surface area (Å²) in [5.74, 6) is -6.55. The first kappa shape index (κ1) is 59.6. The lowest BCUT2D eigenvalue weighted by Crippen LogP contribution is -2.63. The summed E-state index contributed by atoms with van der Waals surface area (Å²) in [4.78, 5) is 115. The minimum atomic E-state index is -3.43. The lowest BCUT2D eigenvalue weighted by molar-refractivity contribution is -0.156. The number of hydrogen-bond acceptors (Lipinski definition) is 9. The molecule has 1 aliphatic heterocycles. The smallest absolute Gasteiger partial charge is 0.267 e. The molecule has 0 spiro atoms. The molecule has 380 valence electrons. The number of ether oxygens (including phenoxy) is 1. The van der Waals surface area contributed by atoms with Crippen molar-refractivity contribution in [2.75, 3.05) is 41.8 Å². The molecule has 0 aromatic carbocycles. The Morgan fingerprint density at radius 3 is 1.61 bits per heavy atom. The van der Waals surface area contributed by atoms with Crippen LogP contribution in [-0.4, -0.2) is 164 Å². The molecule has 1 heterocycles. The third kappa shape index (κ3) is 16.7. The Bertz CT molecular complexity index is 1650. The fraction of sp³-hybridized carbons (Fsp3) is 0.830. The van der Waals surface area contributed by atoms with Gasteiger partial charge in [-0.15, -0.1) is 0 Å². The average Bonchev–Trinajstić information content (AvgIpc) is 3.66. The maximum atomic E-state index is 14.8. The summed E-state index contributed by atoms with van der Waals surface area (Å²) in [5.41, 5.74) is 0. The van der Waals surface area contributed by atoms with Gasteiger partial charge in [0.2, 0.25) is 41.4 Å². The first-order chi connectivity index (χ1) is 30.5. The van der Waals surface area contributed by atoms with Crippen LogP contribution < -0.4 is 21.3 Å². The Hall–Kier alpha value is -4.42. The number of rotatable bonds is 26. The first-order valence-electron chi connectivity index (χ1n) is 23.6. The molecule has 0 saturated carbocycles. The van der Waals surface area contributed by atoms with Crippen molar-refractivity contribution >= 4 is 47.3 Å². The van der Waals surface area contributed by atoms with E-state index >= 15 is 0 Å². The molecule has 66 heavy (non-hydrogen) atoms. The van der Waals surface area contributed by atoms with Crippen molar-refractivity contribution in [2.24, 2.45) is 35.5 Å². The summed E-state index contributed by atoms with van der Waals surface area (Å²) in [6.07, 6.45) is -2.52. The van der Waals surface area contributed by atoms with Crippen LogP contribution in [0.5, 0.6) is 0 Å². The molecule has 0 unspecified atom stereocenters. The molecule has 0 aromatic heterocycles. The van der Waals surface area contributed by atoms with E-state index in [9.17, 15) is 47.1 Å². The van der Waals surface area contributed by atoms with Crippen molar-refractivity contribution in [1.82, 2.24) is 40.9 Å². The molecule has 17 nitrogen and oxygen atoms in total. The summed E-state index contributed by atoms with van der Waals surface area (Å²) in [7, 11) is 7.09. The number of nitrogens with one attached hydrogen (secondary N) is 4. The lowest BCUT2D eigenvalue weighted by atomic mass is 9.93. The van der Waals surface area contributed by atoms with Crippen LogP contribution in [0.3, 0.4) is 0 Å². The Labute approximate surface area is 392 Å². The molecule has 19 heteroatoms. The first-order valence-corrected chi connectivity index (χ1v) is 23.6. The van der Waals surface area contributed by atoms with Gasteiger partial charge in [0.1, 0.15) is 36.3 Å². The van der Waals surface area contributed by atoms with Gasteiger partial charge in [-0.1, -0.05) is 83.1 Å². The zero-order chi connectivity index (χ0) is 51.1. The summed E-state index contributed by atoms with van der Waals surface area (Å²) in [6.45, 7) is 22.1. The summed E-state index contributed by atoms with van der Waals surface area (Å²) in [6, 6.07) is -9.42. The van der Waals surface area contributed by atoms with Crippen LogP contribution in [0.15, 0.2) is 0 Å². The molecule has 0 radical (unpaired) electrons. The van der Waals surface area contributed by atoms with E-state index in [2.05, 4.69) is 21.3 Å². The third-order valence-corrected chi connectivity index (χ3v) is 12.4. The van der Waals surface area contributed by atoms with Gasteiger partial charge in [-0.05, 0) is 67.6 Å². The zero-order valence-electron chi connectivity index (χ0n) is 42.8. The molecule has 0 bridgehead atoms. The Balaban J connectivity index is 3.53. The fourth-order valence-corrected chi connectivity index (χ4v) is 8.21. The van der Waals surface area contributed by atoms with Crippen molar-refractivity contribution in [2.45, 2.75) is 176 Å². The topological polar surface area (TPSA) is 207 Å². The van der Waals surface area contributed by atoms with Gasteiger partial charge in [0.25, 0.3) is 12.3 Å². The van der Waals surface area contributed by atoms with Crippen LogP contribution >= 0.6 is 0 Å². The van der Waals surface area contributed by atoms with Crippen LogP contribution in [0.25, 0.3) is 0 Å². The number of carbonyl (C=O) groups excluding carboxylic acids is 8. The molecule has 8 amide bonds. The van der Waals surface area contributed by atoms with Crippen molar-refractivity contribution in [3.63, 3.8) is 0 Å². The minimum Gasteiger partial charge on any atom is -0.375 e. The third-order valence-electron chi connectivity index (χ3n) is 12.4. The normalized spacial score (nSPS) is 18.3. The van der Waals surface area contributed by atoms with E-state index in [1.54, 1.807) is 48.6 Å². The largest absolute Gasteiger partial charge is 0.375 e. The van der Waals surface area contributed by atoms with Crippen molar-refractivity contribution < 1.29 is 51.9 Å². The average molecular weight is 943 g/mol. The maximum absolute atomic E-state index is 14.8. The SMILES string of the molecule is CC[C@H](NC(=O)[C@H]([C@@H]1OCC[C@H]1C)N(C)C(=O)[C@H](C(C)C)N(C)C(=O)[C@H](CC(C)C)N(C)C(=O)CCC(C)C)C(=O)N[C@@H](C(=O)N(C)[C@@H](CC(C)C)C(=O)N[C@H](C(=O)NC)C(C)C)C(F)F. The molecular formula is C47H84F2N8O9. The van der Waals surface area contributed by atoms with Crippen LogP contribution in [0.4, 0.5) is 8.78 Å². The Morgan fingerprint density at radius 2 is 1.17 bits per heavy atom. The van der Waals surface area contributed by atoms with Crippen molar-refractivity contribution in [3.8, 4) is 0 Å². The molecule has 1 rings (SSSR count). The van der Waals surface area contributed by atoms with Gasteiger partial charge < -0.3 is 45.6 Å². The van der Waals surface area contributed by atoms with Crippen molar-refractivity contribution in [1.29, 1.82) is 0 Å². The molecular weight excluding hydrogens is 859 g/mol. The van der Waals surface area contributed by atoms with E-state index in [1.165, 1.54) is 49.8 Å². The number of halogens is 2. The van der Waals surface area contributed by atoms with E-state index < -0.39 is 102 Å². The highest BCUT2D eigenvalue weighted by molar-refractivity contribution is 5.98.